The third-order valence-electron chi connectivity index (χ3n) is 2.76. The van der Waals surface area contributed by atoms with Crippen LogP contribution < -0.4 is 5.32 Å². The van der Waals surface area contributed by atoms with Gasteiger partial charge in [-0.3, -0.25) is 0 Å². The standard InChI is InChI=1S/C10H17N3S2/c1-7(2)8-12-9(15-13-8)11-6-10(14-3)4-5-10/h7H,4-6H2,1-3H3,(H,11,12,13). The molecule has 0 bridgehead atoms. The molecule has 0 aromatic carbocycles. The zero-order chi connectivity index (χ0) is 10.9. The zero-order valence-electron chi connectivity index (χ0n) is 9.41. The fourth-order valence-corrected chi connectivity index (χ4v) is 2.80. The second-order valence-electron chi connectivity index (χ2n) is 4.35. The summed E-state index contributed by atoms with van der Waals surface area (Å²) in [5.41, 5.74) is 0. The average Bonchev–Trinajstić information content (AvgIpc) is 2.85. The van der Waals surface area contributed by atoms with E-state index < -0.39 is 0 Å². The van der Waals surface area contributed by atoms with Crippen LogP contribution in [0.5, 0.6) is 0 Å². The summed E-state index contributed by atoms with van der Waals surface area (Å²) in [7, 11) is 0. The summed E-state index contributed by atoms with van der Waals surface area (Å²) in [6.45, 7) is 5.27. The van der Waals surface area contributed by atoms with Crippen LogP contribution in [0.4, 0.5) is 5.13 Å². The molecule has 0 amide bonds. The summed E-state index contributed by atoms with van der Waals surface area (Å²) in [6.07, 6.45) is 4.85. The summed E-state index contributed by atoms with van der Waals surface area (Å²) >= 11 is 3.44. The Bertz CT molecular complexity index is 331. The van der Waals surface area contributed by atoms with E-state index in [4.69, 9.17) is 0 Å². The minimum absolute atomic E-state index is 0.423. The summed E-state index contributed by atoms with van der Waals surface area (Å²) in [6, 6.07) is 0. The largest absolute Gasteiger partial charge is 0.359 e. The topological polar surface area (TPSA) is 37.8 Å². The maximum Gasteiger partial charge on any atom is 0.202 e. The zero-order valence-corrected chi connectivity index (χ0v) is 11.0. The van der Waals surface area contributed by atoms with Gasteiger partial charge < -0.3 is 5.32 Å². The predicted octanol–water partition coefficient (Wildman–Crippen LogP) is 2.97. The van der Waals surface area contributed by atoms with Gasteiger partial charge in [0.2, 0.25) is 5.13 Å². The minimum atomic E-state index is 0.423. The molecule has 0 saturated heterocycles. The first-order valence-corrected chi connectivity index (χ1v) is 7.28. The quantitative estimate of drug-likeness (QED) is 0.863. The van der Waals surface area contributed by atoms with Gasteiger partial charge in [-0.1, -0.05) is 13.8 Å². The van der Waals surface area contributed by atoms with Gasteiger partial charge in [0.25, 0.3) is 0 Å². The van der Waals surface area contributed by atoms with Crippen molar-refractivity contribution in [2.45, 2.75) is 37.4 Å². The summed E-state index contributed by atoms with van der Waals surface area (Å²) in [5, 5.41) is 4.37. The smallest absolute Gasteiger partial charge is 0.202 e. The van der Waals surface area contributed by atoms with Gasteiger partial charge >= 0.3 is 0 Å². The molecule has 3 nitrogen and oxygen atoms in total. The highest BCUT2D eigenvalue weighted by molar-refractivity contribution is 8.00. The normalized spacial score (nSPS) is 18.1. The highest BCUT2D eigenvalue weighted by atomic mass is 32.2. The highest BCUT2D eigenvalue weighted by Gasteiger charge is 2.41. The van der Waals surface area contributed by atoms with Crippen molar-refractivity contribution >= 4 is 28.4 Å². The van der Waals surface area contributed by atoms with E-state index in [1.165, 1.54) is 24.4 Å². The van der Waals surface area contributed by atoms with Gasteiger partial charge in [0.05, 0.1) is 0 Å². The first-order valence-electron chi connectivity index (χ1n) is 5.28. The lowest BCUT2D eigenvalue weighted by atomic mass is 10.2. The maximum atomic E-state index is 4.46. The Morgan fingerprint density at radius 2 is 2.27 bits per heavy atom. The molecule has 0 aliphatic heterocycles. The van der Waals surface area contributed by atoms with Crippen molar-refractivity contribution in [1.82, 2.24) is 9.36 Å². The van der Waals surface area contributed by atoms with Crippen LogP contribution in [0.2, 0.25) is 0 Å². The molecule has 1 aliphatic carbocycles. The number of rotatable bonds is 5. The molecule has 1 saturated carbocycles. The van der Waals surface area contributed by atoms with E-state index in [0.29, 0.717) is 10.7 Å². The number of hydrogen-bond donors (Lipinski definition) is 1. The van der Waals surface area contributed by atoms with Crippen LogP contribution in [-0.4, -0.2) is 26.9 Å². The molecular weight excluding hydrogens is 226 g/mol. The number of aromatic nitrogens is 2. The van der Waals surface area contributed by atoms with Crippen molar-refractivity contribution in [1.29, 1.82) is 0 Å². The van der Waals surface area contributed by atoms with Crippen LogP contribution >= 0.6 is 23.3 Å². The first kappa shape index (κ1) is 11.2. The lowest BCUT2D eigenvalue weighted by molar-refractivity contribution is 0.798. The van der Waals surface area contributed by atoms with Gasteiger partial charge in [0.1, 0.15) is 5.82 Å². The van der Waals surface area contributed by atoms with Gasteiger partial charge in [-0.15, -0.1) is 0 Å². The number of nitrogens with zero attached hydrogens (tertiary/aromatic N) is 2. The van der Waals surface area contributed by atoms with Gasteiger partial charge in [0, 0.05) is 28.7 Å². The van der Waals surface area contributed by atoms with E-state index in [1.807, 2.05) is 11.8 Å². The lowest BCUT2D eigenvalue weighted by Gasteiger charge is -2.11. The Morgan fingerprint density at radius 3 is 2.73 bits per heavy atom. The molecule has 0 radical (unpaired) electrons. The van der Waals surface area contributed by atoms with Crippen LogP contribution in [0.15, 0.2) is 0 Å². The Balaban J connectivity index is 1.88. The molecule has 5 heteroatoms. The summed E-state index contributed by atoms with van der Waals surface area (Å²) < 4.78 is 4.81. The van der Waals surface area contributed by atoms with E-state index in [0.717, 1.165) is 17.5 Å². The maximum absolute atomic E-state index is 4.46. The molecule has 15 heavy (non-hydrogen) atoms. The van der Waals surface area contributed by atoms with Crippen molar-refractivity contribution in [3.05, 3.63) is 5.82 Å². The fraction of sp³-hybridized carbons (Fsp3) is 0.800. The van der Waals surface area contributed by atoms with Crippen molar-refractivity contribution < 1.29 is 0 Å². The second-order valence-corrected chi connectivity index (χ2v) is 6.38. The van der Waals surface area contributed by atoms with Crippen LogP contribution in [0.25, 0.3) is 0 Å². The van der Waals surface area contributed by atoms with Crippen LogP contribution in [0.1, 0.15) is 38.4 Å². The first-order chi connectivity index (χ1) is 7.15. The monoisotopic (exact) mass is 243 g/mol. The molecule has 0 atom stereocenters. The minimum Gasteiger partial charge on any atom is -0.359 e. The number of anilines is 1. The Morgan fingerprint density at radius 1 is 1.53 bits per heavy atom. The van der Waals surface area contributed by atoms with Crippen molar-refractivity contribution in [2.24, 2.45) is 0 Å². The molecule has 0 spiro atoms. The SMILES string of the molecule is CSC1(CNc2nc(C(C)C)ns2)CC1. The molecule has 1 aromatic rings. The van der Waals surface area contributed by atoms with Crippen LogP contribution in [0.3, 0.4) is 0 Å². The molecule has 1 aliphatic rings. The predicted molar refractivity (Wildman–Crippen MR) is 68.0 cm³/mol. The van der Waals surface area contributed by atoms with Crippen LogP contribution in [-0.2, 0) is 0 Å². The number of hydrogen-bond acceptors (Lipinski definition) is 5. The number of nitrogens with one attached hydrogen (secondary N) is 1. The molecule has 2 rings (SSSR count). The van der Waals surface area contributed by atoms with E-state index >= 15 is 0 Å². The van der Waals surface area contributed by atoms with E-state index in [-0.39, 0.29) is 0 Å². The summed E-state index contributed by atoms with van der Waals surface area (Å²) in [4.78, 5) is 4.46. The molecular formula is C10H17N3S2. The van der Waals surface area contributed by atoms with Gasteiger partial charge in [0.15, 0.2) is 0 Å². The van der Waals surface area contributed by atoms with Crippen LogP contribution in [0, 0.1) is 0 Å². The molecule has 1 heterocycles. The molecule has 1 N–H and O–H groups in total. The Labute approximate surface area is 99.2 Å². The van der Waals surface area contributed by atoms with E-state index in [2.05, 4.69) is 34.8 Å². The third kappa shape index (κ3) is 2.64. The molecule has 0 unspecified atom stereocenters. The van der Waals surface area contributed by atoms with Gasteiger partial charge in [-0.05, 0) is 19.1 Å². The van der Waals surface area contributed by atoms with Crippen molar-refractivity contribution in [3.63, 3.8) is 0 Å². The van der Waals surface area contributed by atoms with E-state index in [1.54, 1.807) is 0 Å². The Hall–Kier alpha value is -0.290. The lowest BCUT2D eigenvalue weighted by Crippen LogP contribution is -2.17. The highest BCUT2D eigenvalue weighted by Crippen LogP contribution is 2.47. The molecule has 1 fully saturated rings. The van der Waals surface area contributed by atoms with Crippen molar-refractivity contribution in [3.8, 4) is 0 Å². The summed E-state index contributed by atoms with van der Waals surface area (Å²) in [5.74, 6) is 1.38. The molecule has 84 valence electrons. The number of thioether (sulfide) groups is 1. The Kier molecular flexibility index (Phi) is 3.21. The molecule has 1 aromatic heterocycles. The third-order valence-corrected chi connectivity index (χ3v) is 4.87. The average molecular weight is 243 g/mol. The van der Waals surface area contributed by atoms with E-state index in [9.17, 15) is 0 Å². The fourth-order valence-electron chi connectivity index (χ4n) is 1.37. The van der Waals surface area contributed by atoms with Gasteiger partial charge in [-0.2, -0.15) is 16.1 Å². The van der Waals surface area contributed by atoms with Gasteiger partial charge in [-0.25, -0.2) is 4.98 Å². The second kappa shape index (κ2) is 4.29. The van der Waals surface area contributed by atoms with Crippen molar-refractivity contribution in [2.75, 3.05) is 18.1 Å².